The fraction of sp³-hybridized carbons (Fsp3) is 0.727. The van der Waals surface area contributed by atoms with E-state index in [9.17, 15) is 10.1 Å². The van der Waals surface area contributed by atoms with Crippen LogP contribution in [0.4, 0.5) is 11.5 Å². The Kier molecular flexibility index (Phi) is 3.31. The molecule has 0 amide bonds. The molecule has 1 aromatic heterocycles. The summed E-state index contributed by atoms with van der Waals surface area (Å²) in [6.07, 6.45) is 6.13. The van der Waals surface area contributed by atoms with Gasteiger partial charge in [-0.3, -0.25) is 10.1 Å². The van der Waals surface area contributed by atoms with Crippen molar-refractivity contribution in [1.82, 2.24) is 9.78 Å². The third-order valence-corrected chi connectivity index (χ3v) is 3.47. The van der Waals surface area contributed by atoms with Crippen molar-refractivity contribution in [3.8, 4) is 0 Å². The van der Waals surface area contributed by atoms with E-state index >= 15 is 0 Å². The van der Waals surface area contributed by atoms with E-state index in [1.165, 1.54) is 32.1 Å². The number of nitro groups is 1. The van der Waals surface area contributed by atoms with Crippen LogP contribution in [-0.2, 0) is 6.54 Å². The average molecular weight is 238 g/mol. The van der Waals surface area contributed by atoms with Crippen LogP contribution >= 0.6 is 0 Å². The number of anilines is 1. The third-order valence-electron chi connectivity index (χ3n) is 3.47. The summed E-state index contributed by atoms with van der Waals surface area (Å²) in [7, 11) is 0. The predicted octanol–water partition coefficient (Wildman–Crippen LogP) is 2.26. The van der Waals surface area contributed by atoms with Gasteiger partial charge in [0.15, 0.2) is 0 Å². The van der Waals surface area contributed by atoms with E-state index in [0.29, 0.717) is 18.2 Å². The second-order valence-electron chi connectivity index (χ2n) is 4.76. The van der Waals surface area contributed by atoms with E-state index in [1.54, 1.807) is 11.6 Å². The van der Waals surface area contributed by atoms with E-state index in [1.807, 2.05) is 0 Å². The van der Waals surface area contributed by atoms with Crippen LogP contribution < -0.4 is 5.73 Å². The molecule has 1 saturated carbocycles. The van der Waals surface area contributed by atoms with E-state index in [4.69, 9.17) is 5.73 Å². The quantitative estimate of drug-likeness (QED) is 0.646. The molecule has 0 spiro atoms. The lowest BCUT2D eigenvalue weighted by Gasteiger charge is -2.21. The molecule has 0 radical (unpaired) electrons. The number of hydrogen-bond donors (Lipinski definition) is 1. The van der Waals surface area contributed by atoms with Crippen LogP contribution in [0.1, 0.15) is 37.8 Å². The van der Waals surface area contributed by atoms with Crippen LogP contribution in [0.5, 0.6) is 0 Å². The molecule has 6 heteroatoms. The molecule has 1 heterocycles. The molecule has 94 valence electrons. The first-order valence-corrected chi connectivity index (χ1v) is 6.07. The molecular weight excluding hydrogens is 220 g/mol. The Labute approximate surface area is 99.9 Å². The maximum atomic E-state index is 10.8. The normalized spacial score (nSPS) is 17.2. The molecule has 0 aliphatic heterocycles. The van der Waals surface area contributed by atoms with E-state index in [2.05, 4.69) is 5.10 Å². The number of nitrogens with two attached hydrogens (primary N) is 1. The van der Waals surface area contributed by atoms with Gasteiger partial charge < -0.3 is 5.73 Å². The summed E-state index contributed by atoms with van der Waals surface area (Å²) >= 11 is 0. The standard InChI is InChI=1S/C11H18N4O2/c1-8-10(15(16)17)11(12)14(13-8)7-9-5-3-2-4-6-9/h9H,2-7,12H2,1H3. The molecule has 0 bridgehead atoms. The first kappa shape index (κ1) is 11.9. The van der Waals surface area contributed by atoms with Gasteiger partial charge >= 0.3 is 5.69 Å². The molecule has 0 aromatic carbocycles. The number of nitrogens with zero attached hydrogens (tertiary/aromatic N) is 3. The molecule has 1 aliphatic rings. The fourth-order valence-electron chi connectivity index (χ4n) is 2.57. The molecule has 1 aliphatic carbocycles. The largest absolute Gasteiger partial charge is 0.378 e. The SMILES string of the molecule is Cc1nn(CC2CCCCC2)c(N)c1[N+](=O)[O-]. The summed E-state index contributed by atoms with van der Waals surface area (Å²) in [5, 5.41) is 15.0. The summed E-state index contributed by atoms with van der Waals surface area (Å²) in [6, 6.07) is 0. The van der Waals surface area contributed by atoms with Gasteiger partial charge in [-0.15, -0.1) is 0 Å². The highest BCUT2D eigenvalue weighted by atomic mass is 16.6. The van der Waals surface area contributed by atoms with Crippen LogP contribution in [-0.4, -0.2) is 14.7 Å². The van der Waals surface area contributed by atoms with Crippen molar-refractivity contribution < 1.29 is 4.92 Å². The minimum Gasteiger partial charge on any atom is -0.378 e. The van der Waals surface area contributed by atoms with Crippen molar-refractivity contribution in [1.29, 1.82) is 0 Å². The zero-order valence-electron chi connectivity index (χ0n) is 10.1. The summed E-state index contributed by atoms with van der Waals surface area (Å²) in [4.78, 5) is 10.4. The minimum atomic E-state index is -0.449. The highest BCUT2D eigenvalue weighted by Crippen LogP contribution is 2.29. The van der Waals surface area contributed by atoms with Gasteiger partial charge in [0.05, 0.1) is 4.92 Å². The van der Waals surface area contributed by atoms with Crippen molar-refractivity contribution in [2.45, 2.75) is 45.6 Å². The van der Waals surface area contributed by atoms with Gasteiger partial charge in [0, 0.05) is 6.54 Å². The number of hydrogen-bond acceptors (Lipinski definition) is 4. The van der Waals surface area contributed by atoms with Crippen molar-refractivity contribution in [2.24, 2.45) is 5.92 Å². The van der Waals surface area contributed by atoms with Crippen molar-refractivity contribution in [3.05, 3.63) is 15.8 Å². The van der Waals surface area contributed by atoms with Crippen LogP contribution in [0.15, 0.2) is 0 Å². The first-order valence-electron chi connectivity index (χ1n) is 6.07. The maximum absolute atomic E-state index is 10.8. The Hall–Kier alpha value is -1.59. The number of rotatable bonds is 3. The highest BCUT2D eigenvalue weighted by molar-refractivity contribution is 5.55. The molecule has 2 N–H and O–H groups in total. The summed E-state index contributed by atoms with van der Waals surface area (Å²) < 4.78 is 1.60. The number of aromatic nitrogens is 2. The van der Waals surface area contributed by atoms with E-state index < -0.39 is 4.92 Å². The lowest BCUT2D eigenvalue weighted by molar-refractivity contribution is -0.384. The van der Waals surface area contributed by atoms with Crippen LogP contribution in [0.3, 0.4) is 0 Å². The van der Waals surface area contributed by atoms with Crippen LogP contribution in [0.25, 0.3) is 0 Å². The highest BCUT2D eigenvalue weighted by Gasteiger charge is 2.24. The molecule has 17 heavy (non-hydrogen) atoms. The molecular formula is C11H18N4O2. The minimum absolute atomic E-state index is 0.0409. The predicted molar refractivity (Wildman–Crippen MR) is 64.6 cm³/mol. The van der Waals surface area contributed by atoms with Crippen LogP contribution in [0.2, 0.25) is 0 Å². The van der Waals surface area contributed by atoms with Gasteiger partial charge in [-0.2, -0.15) is 5.10 Å². The summed E-state index contributed by atoms with van der Waals surface area (Å²) in [5.74, 6) is 0.753. The lowest BCUT2D eigenvalue weighted by Crippen LogP contribution is -2.16. The Balaban J connectivity index is 2.15. The average Bonchev–Trinajstić information content (AvgIpc) is 2.55. The van der Waals surface area contributed by atoms with Gasteiger partial charge in [0.25, 0.3) is 0 Å². The lowest BCUT2D eigenvalue weighted by atomic mass is 9.89. The van der Waals surface area contributed by atoms with Gasteiger partial charge in [0.2, 0.25) is 5.82 Å². The Morgan fingerprint density at radius 2 is 2.12 bits per heavy atom. The smallest absolute Gasteiger partial charge is 0.333 e. The van der Waals surface area contributed by atoms with Crippen molar-refractivity contribution >= 4 is 11.5 Å². The number of nitrogen functional groups attached to an aromatic ring is 1. The Bertz CT molecular complexity index is 421. The summed E-state index contributed by atoms with van der Waals surface area (Å²) in [6.45, 7) is 2.34. The Morgan fingerprint density at radius 1 is 1.47 bits per heavy atom. The monoisotopic (exact) mass is 238 g/mol. The second-order valence-corrected chi connectivity index (χ2v) is 4.76. The first-order chi connectivity index (χ1) is 8.09. The molecule has 6 nitrogen and oxygen atoms in total. The molecule has 0 atom stereocenters. The van der Waals surface area contributed by atoms with Gasteiger partial charge in [-0.1, -0.05) is 19.3 Å². The van der Waals surface area contributed by atoms with Gasteiger partial charge in [0.1, 0.15) is 5.69 Å². The van der Waals surface area contributed by atoms with Gasteiger partial charge in [-0.25, -0.2) is 4.68 Å². The second kappa shape index (κ2) is 4.73. The molecule has 0 saturated heterocycles. The number of aryl methyl sites for hydroxylation is 1. The fourth-order valence-corrected chi connectivity index (χ4v) is 2.57. The van der Waals surface area contributed by atoms with E-state index in [-0.39, 0.29) is 11.5 Å². The topological polar surface area (TPSA) is 87.0 Å². The molecule has 0 unspecified atom stereocenters. The van der Waals surface area contributed by atoms with Crippen molar-refractivity contribution in [2.75, 3.05) is 5.73 Å². The Morgan fingerprint density at radius 3 is 2.65 bits per heavy atom. The summed E-state index contributed by atoms with van der Waals surface area (Å²) in [5.41, 5.74) is 6.15. The van der Waals surface area contributed by atoms with Gasteiger partial charge in [-0.05, 0) is 25.7 Å². The zero-order valence-corrected chi connectivity index (χ0v) is 10.1. The molecule has 1 aromatic rings. The molecule has 1 fully saturated rings. The van der Waals surface area contributed by atoms with E-state index in [0.717, 1.165) is 0 Å². The maximum Gasteiger partial charge on any atom is 0.333 e. The third kappa shape index (κ3) is 2.40. The van der Waals surface area contributed by atoms with Crippen LogP contribution in [0, 0.1) is 23.0 Å². The molecule has 2 rings (SSSR count). The van der Waals surface area contributed by atoms with Crippen molar-refractivity contribution in [3.63, 3.8) is 0 Å². The zero-order chi connectivity index (χ0) is 12.4.